The number of benzene rings is 3. The third kappa shape index (κ3) is 2.26. The van der Waals surface area contributed by atoms with Gasteiger partial charge in [0.25, 0.3) is 0 Å². The Morgan fingerprint density at radius 2 is 1.62 bits per heavy atom. The van der Waals surface area contributed by atoms with Gasteiger partial charge in [-0.1, -0.05) is 86.7 Å². The van der Waals surface area contributed by atoms with Gasteiger partial charge in [-0.05, 0) is 73.0 Å². The van der Waals surface area contributed by atoms with Gasteiger partial charge >= 0.3 is 0 Å². The molecule has 0 nitrogen and oxygen atoms in total. The molecule has 0 N–H and O–H groups in total. The fourth-order valence-electron chi connectivity index (χ4n) is 4.86. The van der Waals surface area contributed by atoms with Gasteiger partial charge in [0.2, 0.25) is 0 Å². The van der Waals surface area contributed by atoms with Crippen molar-refractivity contribution in [2.75, 3.05) is 0 Å². The van der Waals surface area contributed by atoms with Crippen molar-refractivity contribution in [1.82, 2.24) is 0 Å². The van der Waals surface area contributed by atoms with E-state index in [0.717, 1.165) is 0 Å². The van der Waals surface area contributed by atoms with E-state index in [1.54, 1.807) is 0 Å². The first-order valence-corrected chi connectivity index (χ1v) is 10.3. The molecule has 26 heavy (non-hydrogen) atoms. The molecule has 0 amide bonds. The minimum atomic E-state index is 0.163. The number of halogens is 1. The highest BCUT2D eigenvalue weighted by Gasteiger charge is 2.44. The Kier molecular flexibility index (Phi) is 3.65. The van der Waals surface area contributed by atoms with Gasteiger partial charge in [-0.15, -0.1) is 0 Å². The summed E-state index contributed by atoms with van der Waals surface area (Å²) in [6.07, 6.45) is 9.18. The summed E-state index contributed by atoms with van der Waals surface area (Å²) in [5.41, 5.74) is 5.83. The summed E-state index contributed by atoms with van der Waals surface area (Å²) >= 11 is 2.44. The lowest BCUT2D eigenvalue weighted by Gasteiger charge is -2.29. The lowest BCUT2D eigenvalue weighted by atomic mass is 9.74. The van der Waals surface area contributed by atoms with E-state index in [-0.39, 0.29) is 5.41 Å². The molecule has 0 saturated heterocycles. The van der Waals surface area contributed by atoms with Crippen molar-refractivity contribution in [2.45, 2.75) is 25.2 Å². The number of fused-ring (bicyclic) bond motifs is 4. The molecule has 0 aromatic heterocycles. The summed E-state index contributed by atoms with van der Waals surface area (Å²) in [4.78, 5) is 0. The smallest absolute Gasteiger partial charge is 0.0209 e. The SMILES string of the molecule is CC1(C)c2cc(-c3ccc(I)c4ccccc34)ccc2[C@@H]2C=CC=CC21. The Morgan fingerprint density at radius 1 is 0.846 bits per heavy atom. The average molecular weight is 448 g/mol. The van der Waals surface area contributed by atoms with E-state index in [4.69, 9.17) is 0 Å². The zero-order valence-corrected chi connectivity index (χ0v) is 17.2. The summed E-state index contributed by atoms with van der Waals surface area (Å²) in [5, 5.41) is 2.68. The van der Waals surface area contributed by atoms with Crippen molar-refractivity contribution in [1.29, 1.82) is 0 Å². The van der Waals surface area contributed by atoms with Crippen molar-refractivity contribution in [3.05, 3.63) is 93.6 Å². The third-order valence-electron chi connectivity index (χ3n) is 6.26. The zero-order valence-electron chi connectivity index (χ0n) is 15.0. The molecule has 2 atom stereocenters. The van der Waals surface area contributed by atoms with Crippen molar-refractivity contribution >= 4 is 33.4 Å². The Bertz CT molecular complexity index is 1080. The highest BCUT2D eigenvalue weighted by molar-refractivity contribution is 14.1. The molecule has 0 heterocycles. The Morgan fingerprint density at radius 3 is 2.46 bits per heavy atom. The van der Waals surface area contributed by atoms with Crippen molar-refractivity contribution < 1.29 is 0 Å². The van der Waals surface area contributed by atoms with Crippen LogP contribution in [-0.2, 0) is 5.41 Å². The normalized spacial score (nSPS) is 22.4. The van der Waals surface area contributed by atoms with Gasteiger partial charge in [-0.25, -0.2) is 0 Å². The van der Waals surface area contributed by atoms with Crippen LogP contribution in [-0.4, -0.2) is 0 Å². The first-order valence-electron chi connectivity index (χ1n) is 9.24. The second-order valence-corrected chi connectivity index (χ2v) is 9.15. The molecule has 0 fully saturated rings. The summed E-state index contributed by atoms with van der Waals surface area (Å²) in [6.45, 7) is 4.80. The molecule has 3 aromatic rings. The topological polar surface area (TPSA) is 0 Å². The maximum Gasteiger partial charge on any atom is 0.0209 e. The van der Waals surface area contributed by atoms with Gasteiger partial charge in [0.15, 0.2) is 0 Å². The summed E-state index contributed by atoms with van der Waals surface area (Å²) in [7, 11) is 0. The number of hydrogen-bond acceptors (Lipinski definition) is 0. The molecular weight excluding hydrogens is 427 g/mol. The van der Waals surface area contributed by atoms with Crippen LogP contribution in [0.3, 0.4) is 0 Å². The third-order valence-corrected chi connectivity index (χ3v) is 7.20. The summed E-state index contributed by atoms with van der Waals surface area (Å²) < 4.78 is 1.31. The summed E-state index contributed by atoms with van der Waals surface area (Å²) in [5.74, 6) is 1.08. The van der Waals surface area contributed by atoms with E-state index in [1.807, 2.05) is 0 Å². The standard InChI is InChI=1S/C25H21I/c1-25(2)22-10-6-5-8-19(22)20-12-11-16(15-23(20)25)17-13-14-24(26)21-9-4-3-7-18(17)21/h3-15,19,22H,1-2H3/t19-,22?/m0/s1. The predicted octanol–water partition coefficient (Wildman–Crippen LogP) is 7.23. The molecule has 2 aliphatic carbocycles. The quantitative estimate of drug-likeness (QED) is 0.345. The van der Waals surface area contributed by atoms with Crippen LogP contribution in [0.5, 0.6) is 0 Å². The number of allylic oxidation sites excluding steroid dienone is 4. The Hall–Kier alpha value is -1.87. The van der Waals surface area contributed by atoms with Crippen LogP contribution in [0.15, 0.2) is 78.9 Å². The molecule has 128 valence electrons. The maximum atomic E-state index is 2.45. The van der Waals surface area contributed by atoms with E-state index in [1.165, 1.54) is 36.6 Å². The van der Waals surface area contributed by atoms with Crippen molar-refractivity contribution in [3.8, 4) is 11.1 Å². The highest BCUT2D eigenvalue weighted by Crippen LogP contribution is 2.53. The fourth-order valence-corrected chi connectivity index (χ4v) is 5.51. The number of hydrogen-bond donors (Lipinski definition) is 0. The fraction of sp³-hybridized carbons (Fsp3) is 0.200. The molecule has 0 bridgehead atoms. The van der Waals surface area contributed by atoms with Crippen molar-refractivity contribution in [3.63, 3.8) is 0 Å². The highest BCUT2D eigenvalue weighted by atomic mass is 127. The van der Waals surface area contributed by atoms with Crippen LogP contribution in [0.1, 0.15) is 30.9 Å². The molecule has 1 heteroatoms. The van der Waals surface area contributed by atoms with Crippen LogP contribution < -0.4 is 0 Å². The molecule has 0 radical (unpaired) electrons. The first kappa shape index (κ1) is 16.3. The van der Waals surface area contributed by atoms with E-state index >= 15 is 0 Å². The van der Waals surface area contributed by atoms with Crippen molar-refractivity contribution in [2.24, 2.45) is 5.92 Å². The van der Waals surface area contributed by atoms with Crippen LogP contribution in [0.25, 0.3) is 21.9 Å². The van der Waals surface area contributed by atoms with E-state index in [2.05, 4.69) is 115 Å². The van der Waals surface area contributed by atoms with Gasteiger partial charge in [0, 0.05) is 9.49 Å². The average Bonchev–Trinajstić information content (AvgIpc) is 2.90. The second-order valence-electron chi connectivity index (χ2n) is 7.99. The van der Waals surface area contributed by atoms with Gasteiger partial charge in [-0.2, -0.15) is 0 Å². The Balaban J connectivity index is 1.72. The largest absolute Gasteiger partial charge is 0.0796 e. The maximum absolute atomic E-state index is 2.45. The molecule has 3 aromatic carbocycles. The first-order chi connectivity index (χ1) is 12.6. The van der Waals surface area contributed by atoms with Gasteiger partial charge < -0.3 is 0 Å². The van der Waals surface area contributed by atoms with E-state index in [0.29, 0.717) is 11.8 Å². The molecule has 0 aliphatic heterocycles. The lowest BCUT2D eigenvalue weighted by Crippen LogP contribution is -2.24. The minimum absolute atomic E-state index is 0.163. The minimum Gasteiger partial charge on any atom is -0.0796 e. The summed E-state index contributed by atoms with van der Waals surface area (Å²) in [6, 6.07) is 20.4. The molecule has 1 unspecified atom stereocenters. The van der Waals surface area contributed by atoms with Crippen LogP contribution >= 0.6 is 22.6 Å². The molecule has 5 rings (SSSR count). The molecule has 2 aliphatic rings. The predicted molar refractivity (Wildman–Crippen MR) is 120 cm³/mol. The molecular formula is C25H21I. The van der Waals surface area contributed by atoms with Gasteiger partial charge in [-0.3, -0.25) is 0 Å². The van der Waals surface area contributed by atoms with Crippen LogP contribution in [0, 0.1) is 9.49 Å². The molecule has 0 spiro atoms. The van der Waals surface area contributed by atoms with E-state index < -0.39 is 0 Å². The van der Waals surface area contributed by atoms with Crippen LogP contribution in [0.4, 0.5) is 0 Å². The van der Waals surface area contributed by atoms with Gasteiger partial charge in [0.1, 0.15) is 0 Å². The van der Waals surface area contributed by atoms with Gasteiger partial charge in [0.05, 0.1) is 0 Å². The second kappa shape index (κ2) is 5.82. The zero-order chi connectivity index (χ0) is 17.9. The number of rotatable bonds is 1. The Labute approximate surface area is 168 Å². The lowest BCUT2D eigenvalue weighted by molar-refractivity contribution is 0.394. The monoisotopic (exact) mass is 448 g/mol. The van der Waals surface area contributed by atoms with Crippen LogP contribution in [0.2, 0.25) is 0 Å². The van der Waals surface area contributed by atoms with E-state index in [9.17, 15) is 0 Å². The molecule has 0 saturated carbocycles.